The van der Waals surface area contributed by atoms with Crippen LogP contribution in [-0.4, -0.2) is 36.0 Å². The third-order valence-electron chi connectivity index (χ3n) is 6.95. The minimum atomic E-state index is -0.306. The zero-order valence-corrected chi connectivity index (χ0v) is 18.1. The Kier molecular flexibility index (Phi) is 5.57. The Labute approximate surface area is 183 Å². The SMILES string of the molecule is O=C(C1CCCC1)N1CC2(CCN(Cc3ccc(Cl)cc3)C2)OCc2ccccc21. The number of hydrogen-bond donors (Lipinski definition) is 0. The first kappa shape index (κ1) is 20.0. The molecule has 158 valence electrons. The highest BCUT2D eigenvalue weighted by molar-refractivity contribution is 6.30. The van der Waals surface area contributed by atoms with Crippen LogP contribution in [-0.2, 0) is 22.7 Å². The quantitative estimate of drug-likeness (QED) is 0.692. The van der Waals surface area contributed by atoms with E-state index < -0.39 is 0 Å². The molecule has 1 aliphatic carbocycles. The van der Waals surface area contributed by atoms with Gasteiger partial charge in [-0.05, 0) is 43.0 Å². The van der Waals surface area contributed by atoms with Crippen molar-refractivity contribution < 1.29 is 9.53 Å². The molecule has 2 aromatic carbocycles. The van der Waals surface area contributed by atoms with Crippen LogP contribution in [0, 0.1) is 5.92 Å². The summed E-state index contributed by atoms with van der Waals surface area (Å²) in [6.07, 6.45) is 5.33. The average molecular weight is 425 g/mol. The maximum absolute atomic E-state index is 13.5. The van der Waals surface area contributed by atoms with Gasteiger partial charge in [0.15, 0.2) is 0 Å². The van der Waals surface area contributed by atoms with Gasteiger partial charge in [0.25, 0.3) is 0 Å². The van der Waals surface area contributed by atoms with E-state index in [1.165, 1.54) is 18.4 Å². The van der Waals surface area contributed by atoms with Gasteiger partial charge in [0, 0.05) is 41.8 Å². The highest BCUT2D eigenvalue weighted by Crippen LogP contribution is 2.38. The van der Waals surface area contributed by atoms with E-state index in [0.29, 0.717) is 19.1 Å². The highest BCUT2D eigenvalue weighted by atomic mass is 35.5. The van der Waals surface area contributed by atoms with Gasteiger partial charge in [0.2, 0.25) is 5.91 Å². The molecule has 5 rings (SSSR count). The Morgan fingerprint density at radius 2 is 1.83 bits per heavy atom. The summed E-state index contributed by atoms with van der Waals surface area (Å²) in [6.45, 7) is 3.92. The number of anilines is 1. The number of rotatable bonds is 3. The monoisotopic (exact) mass is 424 g/mol. The summed E-state index contributed by atoms with van der Waals surface area (Å²) in [5.74, 6) is 0.459. The molecule has 0 aromatic heterocycles. The van der Waals surface area contributed by atoms with E-state index in [-0.39, 0.29) is 11.5 Å². The summed E-state index contributed by atoms with van der Waals surface area (Å²) >= 11 is 6.04. The standard InChI is InChI=1S/C25H29ClN2O2/c26-22-11-9-19(10-12-22)15-27-14-13-25(17-27)18-28(24(29)20-5-1-2-6-20)23-8-4-3-7-21(23)16-30-25/h3-4,7-12,20H,1-2,5-6,13-18H2. The molecule has 1 saturated heterocycles. The number of amides is 1. The number of fused-ring (bicyclic) bond motifs is 1. The van der Waals surface area contributed by atoms with E-state index in [0.717, 1.165) is 55.2 Å². The van der Waals surface area contributed by atoms with Crippen LogP contribution in [0.2, 0.25) is 5.02 Å². The van der Waals surface area contributed by atoms with Crippen LogP contribution >= 0.6 is 11.6 Å². The summed E-state index contributed by atoms with van der Waals surface area (Å²) in [5, 5.41) is 0.766. The molecule has 2 fully saturated rings. The van der Waals surface area contributed by atoms with Crippen molar-refractivity contribution in [3.8, 4) is 0 Å². The molecule has 2 aromatic rings. The van der Waals surface area contributed by atoms with E-state index in [1.54, 1.807) is 0 Å². The number of likely N-dealkylation sites (tertiary alicyclic amines) is 1. The van der Waals surface area contributed by atoms with Gasteiger partial charge < -0.3 is 9.64 Å². The Morgan fingerprint density at radius 3 is 2.63 bits per heavy atom. The van der Waals surface area contributed by atoms with Crippen molar-refractivity contribution in [1.82, 2.24) is 4.90 Å². The van der Waals surface area contributed by atoms with Crippen LogP contribution in [0.4, 0.5) is 5.69 Å². The second kappa shape index (κ2) is 8.33. The minimum Gasteiger partial charge on any atom is -0.367 e. The van der Waals surface area contributed by atoms with Crippen LogP contribution in [0.5, 0.6) is 0 Å². The number of carbonyl (C=O) groups excluding carboxylic acids is 1. The number of hydrogen-bond acceptors (Lipinski definition) is 3. The Hall–Kier alpha value is -1.88. The molecule has 0 radical (unpaired) electrons. The molecule has 1 saturated carbocycles. The Balaban J connectivity index is 1.37. The maximum atomic E-state index is 13.5. The molecule has 5 heteroatoms. The lowest BCUT2D eigenvalue weighted by molar-refractivity contribution is -0.123. The van der Waals surface area contributed by atoms with Crippen molar-refractivity contribution in [2.45, 2.75) is 50.9 Å². The lowest BCUT2D eigenvalue weighted by Gasteiger charge is -2.34. The molecular formula is C25H29ClN2O2. The topological polar surface area (TPSA) is 32.8 Å². The van der Waals surface area contributed by atoms with Crippen LogP contribution in [0.25, 0.3) is 0 Å². The number of carbonyl (C=O) groups is 1. The van der Waals surface area contributed by atoms with Gasteiger partial charge in [0.1, 0.15) is 5.60 Å². The van der Waals surface area contributed by atoms with Crippen molar-refractivity contribution >= 4 is 23.2 Å². The molecular weight excluding hydrogens is 396 g/mol. The average Bonchev–Trinajstić information content (AvgIpc) is 3.40. The molecule has 1 unspecified atom stereocenters. The molecule has 2 heterocycles. The minimum absolute atomic E-state index is 0.166. The summed E-state index contributed by atoms with van der Waals surface area (Å²) in [6, 6.07) is 16.3. The fourth-order valence-corrected chi connectivity index (χ4v) is 5.42. The van der Waals surface area contributed by atoms with E-state index in [1.807, 2.05) is 24.3 Å². The maximum Gasteiger partial charge on any atom is 0.230 e. The molecule has 1 spiro atoms. The van der Waals surface area contributed by atoms with Crippen LogP contribution in [0.15, 0.2) is 48.5 Å². The third kappa shape index (κ3) is 4.01. The van der Waals surface area contributed by atoms with E-state index >= 15 is 0 Å². The zero-order chi connectivity index (χ0) is 20.6. The van der Waals surface area contributed by atoms with Crippen molar-refractivity contribution in [2.75, 3.05) is 24.5 Å². The van der Waals surface area contributed by atoms with E-state index in [2.05, 4.69) is 34.1 Å². The third-order valence-corrected chi connectivity index (χ3v) is 7.20. The first-order chi connectivity index (χ1) is 14.6. The summed E-state index contributed by atoms with van der Waals surface area (Å²) in [5.41, 5.74) is 3.12. The highest BCUT2D eigenvalue weighted by Gasteiger charge is 2.44. The number of halogens is 1. The lowest BCUT2D eigenvalue weighted by atomic mass is 9.99. The first-order valence-corrected chi connectivity index (χ1v) is 11.5. The molecule has 3 aliphatic rings. The van der Waals surface area contributed by atoms with Gasteiger partial charge in [-0.1, -0.05) is 54.8 Å². The zero-order valence-electron chi connectivity index (χ0n) is 17.4. The van der Waals surface area contributed by atoms with Crippen molar-refractivity contribution in [1.29, 1.82) is 0 Å². The molecule has 30 heavy (non-hydrogen) atoms. The summed E-state index contributed by atoms with van der Waals surface area (Å²) in [7, 11) is 0. The van der Waals surface area contributed by atoms with Crippen LogP contribution in [0.3, 0.4) is 0 Å². The second-order valence-electron chi connectivity index (χ2n) is 9.09. The normalized spacial score (nSPS) is 24.9. The summed E-state index contributed by atoms with van der Waals surface area (Å²) in [4.78, 5) is 18.0. The van der Waals surface area contributed by atoms with Crippen molar-refractivity contribution in [3.05, 3.63) is 64.7 Å². The summed E-state index contributed by atoms with van der Waals surface area (Å²) < 4.78 is 6.55. The molecule has 1 amide bonds. The van der Waals surface area contributed by atoms with E-state index in [9.17, 15) is 4.79 Å². The van der Waals surface area contributed by atoms with Crippen molar-refractivity contribution in [2.24, 2.45) is 5.92 Å². The first-order valence-electron chi connectivity index (χ1n) is 11.1. The van der Waals surface area contributed by atoms with Gasteiger partial charge in [-0.25, -0.2) is 0 Å². The molecule has 1 atom stereocenters. The van der Waals surface area contributed by atoms with Crippen molar-refractivity contribution in [3.63, 3.8) is 0 Å². The Morgan fingerprint density at radius 1 is 1.07 bits per heavy atom. The van der Waals surface area contributed by atoms with Crippen LogP contribution < -0.4 is 4.90 Å². The molecule has 0 N–H and O–H groups in total. The predicted molar refractivity (Wildman–Crippen MR) is 120 cm³/mol. The number of nitrogens with zero attached hydrogens (tertiary/aromatic N) is 2. The largest absolute Gasteiger partial charge is 0.367 e. The number of para-hydroxylation sites is 1. The fourth-order valence-electron chi connectivity index (χ4n) is 5.29. The van der Waals surface area contributed by atoms with E-state index in [4.69, 9.17) is 16.3 Å². The molecule has 2 aliphatic heterocycles. The predicted octanol–water partition coefficient (Wildman–Crippen LogP) is 5.04. The second-order valence-corrected chi connectivity index (χ2v) is 9.53. The Bertz CT molecular complexity index is 910. The van der Waals surface area contributed by atoms with Crippen LogP contribution in [0.1, 0.15) is 43.2 Å². The lowest BCUT2D eigenvalue weighted by Crippen LogP contribution is -2.49. The van der Waals surface area contributed by atoms with Gasteiger partial charge in [-0.3, -0.25) is 9.69 Å². The number of benzene rings is 2. The van der Waals surface area contributed by atoms with Gasteiger partial charge in [-0.2, -0.15) is 0 Å². The van der Waals surface area contributed by atoms with Gasteiger partial charge in [-0.15, -0.1) is 0 Å². The smallest absolute Gasteiger partial charge is 0.230 e. The van der Waals surface area contributed by atoms with Gasteiger partial charge in [0.05, 0.1) is 13.2 Å². The molecule has 4 nitrogen and oxygen atoms in total. The fraction of sp³-hybridized carbons (Fsp3) is 0.480. The van der Waals surface area contributed by atoms with Gasteiger partial charge >= 0.3 is 0 Å². The number of ether oxygens (including phenoxy) is 1. The molecule has 0 bridgehead atoms.